The van der Waals surface area contributed by atoms with Crippen LogP contribution in [-0.2, 0) is 13.1 Å². The molecule has 0 fully saturated rings. The zero-order chi connectivity index (χ0) is 11.2. The monoisotopic (exact) mass is 240 g/mol. The molecule has 0 aliphatic rings. The molecule has 0 aromatic carbocycles. The SMILES string of the molecule is OCCCn1cc(CNc2cnns2)nn1. The summed E-state index contributed by atoms with van der Waals surface area (Å²) in [6.07, 6.45) is 4.22. The van der Waals surface area contributed by atoms with Gasteiger partial charge in [0.05, 0.1) is 18.9 Å². The third-order valence-corrected chi connectivity index (χ3v) is 2.56. The highest BCUT2D eigenvalue weighted by Gasteiger charge is 2.01. The molecular weight excluding hydrogens is 228 g/mol. The van der Waals surface area contributed by atoms with Crippen molar-refractivity contribution < 1.29 is 5.11 Å². The van der Waals surface area contributed by atoms with Crippen molar-refractivity contribution in [2.45, 2.75) is 19.5 Å². The van der Waals surface area contributed by atoms with Crippen LogP contribution in [0, 0.1) is 0 Å². The molecule has 2 N–H and O–H groups in total. The quantitative estimate of drug-likeness (QED) is 0.745. The molecule has 0 unspecified atom stereocenters. The van der Waals surface area contributed by atoms with E-state index in [0.717, 1.165) is 10.7 Å². The first-order valence-corrected chi connectivity index (χ1v) is 5.67. The fourth-order valence-electron chi connectivity index (χ4n) is 1.18. The minimum absolute atomic E-state index is 0.167. The molecule has 8 heteroatoms. The number of hydrogen-bond acceptors (Lipinski definition) is 7. The summed E-state index contributed by atoms with van der Waals surface area (Å²) in [6.45, 7) is 1.45. The van der Waals surface area contributed by atoms with Gasteiger partial charge in [-0.2, -0.15) is 0 Å². The second-order valence-corrected chi connectivity index (χ2v) is 3.97. The van der Waals surface area contributed by atoms with Gasteiger partial charge in [0.1, 0.15) is 10.7 Å². The van der Waals surface area contributed by atoms with Crippen LogP contribution < -0.4 is 5.32 Å². The molecule has 7 nitrogen and oxygen atoms in total. The highest BCUT2D eigenvalue weighted by molar-refractivity contribution is 7.09. The fraction of sp³-hybridized carbons (Fsp3) is 0.500. The third-order valence-electron chi connectivity index (χ3n) is 1.94. The van der Waals surface area contributed by atoms with Crippen LogP contribution in [0.15, 0.2) is 12.4 Å². The first kappa shape index (κ1) is 11.0. The highest BCUT2D eigenvalue weighted by atomic mass is 32.1. The van der Waals surface area contributed by atoms with Crippen LogP contribution >= 0.6 is 11.5 Å². The Morgan fingerprint density at radius 1 is 1.50 bits per heavy atom. The van der Waals surface area contributed by atoms with Crippen LogP contribution in [0.3, 0.4) is 0 Å². The largest absolute Gasteiger partial charge is 0.396 e. The second-order valence-electron chi connectivity index (χ2n) is 3.19. The highest BCUT2D eigenvalue weighted by Crippen LogP contribution is 2.10. The van der Waals surface area contributed by atoms with Crippen molar-refractivity contribution in [1.29, 1.82) is 0 Å². The van der Waals surface area contributed by atoms with Crippen molar-refractivity contribution in [1.82, 2.24) is 24.6 Å². The lowest BCUT2D eigenvalue weighted by Crippen LogP contribution is -2.00. The lowest BCUT2D eigenvalue weighted by Gasteiger charge is -1.97. The van der Waals surface area contributed by atoms with E-state index in [4.69, 9.17) is 5.11 Å². The maximum absolute atomic E-state index is 8.68. The Morgan fingerprint density at radius 2 is 2.44 bits per heavy atom. The summed E-state index contributed by atoms with van der Waals surface area (Å²) in [6, 6.07) is 0. The van der Waals surface area contributed by atoms with Crippen LogP contribution in [-0.4, -0.2) is 36.3 Å². The summed E-state index contributed by atoms with van der Waals surface area (Å²) in [4.78, 5) is 0. The summed E-state index contributed by atoms with van der Waals surface area (Å²) < 4.78 is 5.46. The van der Waals surface area contributed by atoms with E-state index >= 15 is 0 Å². The molecule has 0 saturated carbocycles. The van der Waals surface area contributed by atoms with Gasteiger partial charge in [0.2, 0.25) is 0 Å². The van der Waals surface area contributed by atoms with Gasteiger partial charge in [-0.05, 0) is 6.42 Å². The number of hydrogen-bond donors (Lipinski definition) is 2. The van der Waals surface area contributed by atoms with Crippen molar-refractivity contribution in [3.05, 3.63) is 18.1 Å². The summed E-state index contributed by atoms with van der Waals surface area (Å²) in [5.41, 5.74) is 0.853. The average molecular weight is 240 g/mol. The maximum Gasteiger partial charge on any atom is 0.130 e. The van der Waals surface area contributed by atoms with Gasteiger partial charge >= 0.3 is 0 Å². The smallest absolute Gasteiger partial charge is 0.130 e. The first-order chi connectivity index (χ1) is 7.88. The van der Waals surface area contributed by atoms with Gasteiger partial charge < -0.3 is 10.4 Å². The molecule has 0 spiro atoms. The Kier molecular flexibility index (Phi) is 3.78. The molecule has 16 heavy (non-hydrogen) atoms. The molecule has 0 saturated heterocycles. The normalized spacial score (nSPS) is 10.6. The van der Waals surface area contributed by atoms with Crippen molar-refractivity contribution in [3.63, 3.8) is 0 Å². The van der Waals surface area contributed by atoms with E-state index in [0.29, 0.717) is 19.5 Å². The molecule has 2 heterocycles. The number of anilines is 1. The van der Waals surface area contributed by atoms with Crippen molar-refractivity contribution >= 4 is 16.5 Å². The zero-order valence-corrected chi connectivity index (χ0v) is 9.39. The minimum atomic E-state index is 0.167. The van der Waals surface area contributed by atoms with Gasteiger partial charge in [0, 0.05) is 24.7 Å². The summed E-state index contributed by atoms with van der Waals surface area (Å²) in [5.74, 6) is 0. The number of aliphatic hydroxyl groups is 1. The lowest BCUT2D eigenvalue weighted by molar-refractivity contribution is 0.276. The summed E-state index contributed by atoms with van der Waals surface area (Å²) in [5, 5.41) is 24.4. The Hall–Kier alpha value is -1.54. The number of nitrogens with one attached hydrogen (secondary N) is 1. The molecule has 0 amide bonds. The van der Waals surface area contributed by atoms with Crippen molar-refractivity contribution in [2.24, 2.45) is 0 Å². The number of rotatable bonds is 6. The molecule has 0 aliphatic heterocycles. The van der Waals surface area contributed by atoms with E-state index in [-0.39, 0.29) is 6.61 Å². The molecule has 2 aromatic heterocycles. The van der Waals surface area contributed by atoms with Gasteiger partial charge in [-0.3, -0.25) is 4.68 Å². The number of aliphatic hydroxyl groups excluding tert-OH is 1. The minimum Gasteiger partial charge on any atom is -0.396 e. The van der Waals surface area contributed by atoms with Crippen molar-refractivity contribution in [2.75, 3.05) is 11.9 Å². The molecule has 0 radical (unpaired) electrons. The Morgan fingerprint density at radius 3 is 3.19 bits per heavy atom. The predicted molar refractivity (Wildman–Crippen MR) is 59.0 cm³/mol. The van der Waals surface area contributed by atoms with Crippen LogP contribution in [0.4, 0.5) is 5.00 Å². The predicted octanol–water partition coefficient (Wildman–Crippen LogP) is 0.124. The first-order valence-electron chi connectivity index (χ1n) is 4.89. The second kappa shape index (κ2) is 5.52. The van der Waals surface area contributed by atoms with Crippen molar-refractivity contribution in [3.8, 4) is 0 Å². The van der Waals surface area contributed by atoms with E-state index in [1.165, 1.54) is 11.5 Å². The van der Waals surface area contributed by atoms with E-state index in [1.54, 1.807) is 10.9 Å². The average Bonchev–Trinajstić information content (AvgIpc) is 2.95. The Balaban J connectivity index is 1.83. The van der Waals surface area contributed by atoms with Gasteiger partial charge in [-0.25, -0.2) is 0 Å². The topological polar surface area (TPSA) is 88.8 Å². The van der Waals surface area contributed by atoms with E-state index in [1.807, 2.05) is 6.20 Å². The molecular formula is C8H12N6OS. The Labute approximate surface area is 96.3 Å². The van der Waals surface area contributed by atoms with Gasteiger partial charge in [-0.15, -0.1) is 10.2 Å². The number of aryl methyl sites for hydroxylation is 1. The Bertz CT molecular complexity index is 414. The molecule has 86 valence electrons. The number of aromatic nitrogens is 5. The van der Waals surface area contributed by atoms with Gasteiger partial charge in [0.15, 0.2) is 0 Å². The number of nitrogens with zero attached hydrogens (tertiary/aromatic N) is 5. The van der Waals surface area contributed by atoms with Crippen LogP contribution in [0.25, 0.3) is 0 Å². The van der Waals surface area contributed by atoms with E-state index in [2.05, 4.69) is 25.2 Å². The standard InChI is InChI=1S/C8H12N6OS/c15-3-1-2-14-6-7(11-12-14)4-9-8-5-10-13-16-8/h5-6,9,15H,1-4H2. The van der Waals surface area contributed by atoms with Gasteiger partial charge in [-0.1, -0.05) is 9.70 Å². The summed E-state index contributed by atoms with van der Waals surface area (Å²) >= 11 is 1.30. The fourth-order valence-corrected chi connectivity index (χ4v) is 1.60. The molecule has 0 atom stereocenters. The maximum atomic E-state index is 8.68. The van der Waals surface area contributed by atoms with Crippen LogP contribution in [0.5, 0.6) is 0 Å². The van der Waals surface area contributed by atoms with Crippen LogP contribution in [0.2, 0.25) is 0 Å². The van der Waals surface area contributed by atoms with E-state index < -0.39 is 0 Å². The van der Waals surface area contributed by atoms with Crippen LogP contribution in [0.1, 0.15) is 12.1 Å². The molecule has 2 rings (SSSR count). The zero-order valence-electron chi connectivity index (χ0n) is 8.57. The third kappa shape index (κ3) is 2.97. The summed E-state index contributed by atoms with van der Waals surface area (Å²) in [7, 11) is 0. The lowest BCUT2D eigenvalue weighted by atomic mass is 10.4. The molecule has 2 aromatic rings. The van der Waals surface area contributed by atoms with Gasteiger partial charge in [0.25, 0.3) is 0 Å². The molecule has 0 bridgehead atoms. The van der Waals surface area contributed by atoms with E-state index in [9.17, 15) is 0 Å². The molecule has 0 aliphatic carbocycles.